The summed E-state index contributed by atoms with van der Waals surface area (Å²) in [5.41, 5.74) is 0.149. The van der Waals surface area contributed by atoms with Crippen LogP contribution in [0.5, 0.6) is 0 Å². The van der Waals surface area contributed by atoms with E-state index in [0.29, 0.717) is 9.50 Å². The number of rotatable bonds is 2. The van der Waals surface area contributed by atoms with Crippen LogP contribution in [0.1, 0.15) is 16.2 Å². The lowest BCUT2D eigenvalue weighted by Crippen LogP contribution is -2.14. The number of alkyl halides is 3. The van der Waals surface area contributed by atoms with Gasteiger partial charge in [-0.15, -0.1) is 5.10 Å². The average molecular weight is 370 g/mol. The fourth-order valence-electron chi connectivity index (χ4n) is 1.28. The van der Waals surface area contributed by atoms with Gasteiger partial charge in [0.2, 0.25) is 11.8 Å². The maximum Gasteiger partial charge on any atom is 0.451 e. The van der Waals surface area contributed by atoms with Crippen molar-refractivity contribution in [1.29, 1.82) is 0 Å². The number of hydrogen-bond acceptors (Lipinski definition) is 3. The molecule has 20 heavy (non-hydrogen) atoms. The second-order valence-corrected chi connectivity index (χ2v) is 4.87. The summed E-state index contributed by atoms with van der Waals surface area (Å²) < 4.78 is 37.4. The van der Waals surface area contributed by atoms with Gasteiger partial charge in [-0.05, 0) is 34.1 Å². The highest BCUT2D eigenvalue weighted by molar-refractivity contribution is 9.10. The normalized spacial score (nSPS) is 11.4. The highest BCUT2D eigenvalue weighted by Gasteiger charge is 2.35. The van der Waals surface area contributed by atoms with Crippen molar-refractivity contribution in [3.63, 3.8) is 0 Å². The van der Waals surface area contributed by atoms with E-state index in [9.17, 15) is 18.0 Å². The van der Waals surface area contributed by atoms with Gasteiger partial charge in [-0.3, -0.25) is 15.2 Å². The van der Waals surface area contributed by atoms with Gasteiger partial charge >= 0.3 is 6.18 Å². The van der Waals surface area contributed by atoms with E-state index in [1.807, 2.05) is 0 Å². The summed E-state index contributed by atoms with van der Waals surface area (Å²) in [5, 5.41) is 7.40. The standard InChI is InChI=1S/C10H5BrClF3N4O/c11-6-2-1-4(12)3-5(6)7(20)16-9-17-8(18-19-9)10(13,14)15/h1-3H,(H2,16,17,18,19,20). The zero-order valence-corrected chi connectivity index (χ0v) is 11.8. The molecule has 0 radical (unpaired) electrons. The van der Waals surface area contributed by atoms with Crippen LogP contribution >= 0.6 is 27.5 Å². The second kappa shape index (κ2) is 5.41. The number of nitrogens with one attached hydrogen (secondary N) is 2. The minimum Gasteiger partial charge on any atom is -0.289 e. The topological polar surface area (TPSA) is 70.7 Å². The van der Waals surface area contributed by atoms with E-state index < -0.39 is 23.9 Å². The predicted octanol–water partition coefficient (Wildman–Crippen LogP) is 3.49. The third kappa shape index (κ3) is 3.28. The zero-order valence-electron chi connectivity index (χ0n) is 9.42. The number of benzene rings is 1. The van der Waals surface area contributed by atoms with E-state index in [1.54, 1.807) is 11.2 Å². The third-order valence-electron chi connectivity index (χ3n) is 2.15. The van der Waals surface area contributed by atoms with E-state index in [4.69, 9.17) is 11.6 Å². The first kappa shape index (κ1) is 14.8. The van der Waals surface area contributed by atoms with Crippen LogP contribution in [-0.2, 0) is 6.18 Å². The number of H-pyrrole nitrogens is 1. The molecule has 0 fully saturated rings. The number of carbonyl (C=O) groups is 1. The summed E-state index contributed by atoms with van der Waals surface area (Å²) in [7, 11) is 0. The summed E-state index contributed by atoms with van der Waals surface area (Å²) in [6.07, 6.45) is -4.66. The Balaban J connectivity index is 2.20. The average Bonchev–Trinajstić information content (AvgIpc) is 2.80. The molecule has 0 aliphatic heterocycles. The Morgan fingerprint density at radius 3 is 2.70 bits per heavy atom. The van der Waals surface area contributed by atoms with Gasteiger partial charge in [0.25, 0.3) is 5.91 Å². The van der Waals surface area contributed by atoms with Gasteiger partial charge in [0.05, 0.1) is 5.56 Å². The highest BCUT2D eigenvalue weighted by Crippen LogP contribution is 2.26. The number of carbonyl (C=O) groups excluding carboxylic acids is 1. The van der Waals surface area contributed by atoms with Crippen LogP contribution in [0.15, 0.2) is 22.7 Å². The van der Waals surface area contributed by atoms with Gasteiger partial charge in [0, 0.05) is 9.50 Å². The van der Waals surface area contributed by atoms with Crippen LogP contribution in [0.25, 0.3) is 0 Å². The Morgan fingerprint density at radius 2 is 2.10 bits per heavy atom. The number of nitrogens with zero attached hydrogens (tertiary/aromatic N) is 2. The Kier molecular flexibility index (Phi) is 4.00. The molecule has 2 aromatic rings. The molecular weight excluding hydrogens is 364 g/mol. The molecule has 0 atom stereocenters. The monoisotopic (exact) mass is 368 g/mol. The molecule has 0 spiro atoms. The predicted molar refractivity (Wildman–Crippen MR) is 68.5 cm³/mol. The number of aromatic nitrogens is 3. The van der Waals surface area contributed by atoms with Crippen LogP contribution in [0.3, 0.4) is 0 Å². The van der Waals surface area contributed by atoms with Crippen LogP contribution in [0.4, 0.5) is 19.1 Å². The molecule has 5 nitrogen and oxygen atoms in total. The molecule has 1 amide bonds. The van der Waals surface area contributed by atoms with Crippen LogP contribution in [0.2, 0.25) is 5.02 Å². The number of anilines is 1. The Hall–Kier alpha value is -1.61. The maximum absolute atomic E-state index is 12.3. The van der Waals surface area contributed by atoms with Crippen molar-refractivity contribution < 1.29 is 18.0 Å². The summed E-state index contributed by atoms with van der Waals surface area (Å²) in [6.45, 7) is 0. The van der Waals surface area contributed by atoms with Gasteiger partial charge in [0.15, 0.2) is 0 Å². The molecule has 0 bridgehead atoms. The Morgan fingerprint density at radius 1 is 1.40 bits per heavy atom. The number of hydrogen-bond donors (Lipinski definition) is 2. The maximum atomic E-state index is 12.3. The van der Waals surface area contributed by atoms with Gasteiger partial charge < -0.3 is 0 Å². The molecule has 0 saturated heterocycles. The largest absolute Gasteiger partial charge is 0.451 e. The van der Waals surface area contributed by atoms with Crippen molar-refractivity contribution in [2.45, 2.75) is 6.18 Å². The minimum absolute atomic E-state index is 0.149. The van der Waals surface area contributed by atoms with Crippen LogP contribution in [0, 0.1) is 0 Å². The van der Waals surface area contributed by atoms with E-state index in [1.165, 1.54) is 12.1 Å². The zero-order chi connectivity index (χ0) is 14.9. The SMILES string of the molecule is O=C(Nc1n[nH]c(C(F)(F)F)n1)c1cc(Cl)ccc1Br. The molecule has 0 unspecified atom stereocenters. The molecular formula is C10H5BrClF3N4O. The first-order valence-corrected chi connectivity index (χ1v) is 6.20. The molecule has 1 aromatic carbocycles. The van der Waals surface area contributed by atoms with Crippen molar-refractivity contribution in [3.8, 4) is 0 Å². The summed E-state index contributed by atoms with van der Waals surface area (Å²) in [4.78, 5) is 15.0. The molecule has 2 N–H and O–H groups in total. The molecule has 1 heterocycles. The van der Waals surface area contributed by atoms with Crippen molar-refractivity contribution >= 4 is 39.4 Å². The number of halogens is 5. The van der Waals surface area contributed by atoms with E-state index in [0.717, 1.165) is 0 Å². The van der Waals surface area contributed by atoms with Crippen molar-refractivity contribution in [2.75, 3.05) is 5.32 Å². The van der Waals surface area contributed by atoms with Gasteiger partial charge in [-0.1, -0.05) is 11.6 Å². The fourth-order valence-corrected chi connectivity index (χ4v) is 1.88. The fraction of sp³-hybridized carbons (Fsp3) is 0.100. The molecule has 2 rings (SSSR count). The van der Waals surface area contributed by atoms with E-state index in [2.05, 4.69) is 31.3 Å². The molecule has 0 aliphatic rings. The Bertz CT molecular complexity index is 658. The Labute approximate surface area is 123 Å². The quantitative estimate of drug-likeness (QED) is 0.851. The molecule has 0 aliphatic carbocycles. The van der Waals surface area contributed by atoms with Crippen LogP contribution in [-0.4, -0.2) is 21.1 Å². The lowest BCUT2D eigenvalue weighted by molar-refractivity contribution is -0.144. The summed E-state index contributed by atoms with van der Waals surface area (Å²) in [5.74, 6) is -2.46. The number of amides is 1. The smallest absolute Gasteiger partial charge is 0.289 e. The minimum atomic E-state index is -4.66. The van der Waals surface area contributed by atoms with Crippen molar-refractivity contribution in [3.05, 3.63) is 39.1 Å². The number of aromatic amines is 1. The highest BCUT2D eigenvalue weighted by atomic mass is 79.9. The van der Waals surface area contributed by atoms with Gasteiger partial charge in [-0.2, -0.15) is 18.2 Å². The molecule has 10 heteroatoms. The van der Waals surface area contributed by atoms with Crippen molar-refractivity contribution in [1.82, 2.24) is 15.2 Å². The third-order valence-corrected chi connectivity index (χ3v) is 3.08. The first-order valence-electron chi connectivity index (χ1n) is 5.03. The molecule has 1 aromatic heterocycles. The van der Waals surface area contributed by atoms with Crippen LogP contribution < -0.4 is 5.32 Å². The summed E-state index contributed by atoms with van der Waals surface area (Å²) in [6, 6.07) is 4.45. The second-order valence-electron chi connectivity index (χ2n) is 3.58. The lowest BCUT2D eigenvalue weighted by atomic mass is 10.2. The van der Waals surface area contributed by atoms with Gasteiger partial charge in [0.1, 0.15) is 0 Å². The van der Waals surface area contributed by atoms with E-state index >= 15 is 0 Å². The molecule has 106 valence electrons. The van der Waals surface area contributed by atoms with Gasteiger partial charge in [-0.25, -0.2) is 0 Å². The lowest BCUT2D eigenvalue weighted by Gasteiger charge is -2.04. The molecule has 0 saturated carbocycles. The first-order chi connectivity index (χ1) is 9.27. The van der Waals surface area contributed by atoms with E-state index in [-0.39, 0.29) is 5.56 Å². The van der Waals surface area contributed by atoms with Crippen molar-refractivity contribution in [2.24, 2.45) is 0 Å². The summed E-state index contributed by atoms with van der Waals surface area (Å²) >= 11 is 8.87.